The Kier molecular flexibility index (Phi) is 3.42. The van der Waals surface area contributed by atoms with Gasteiger partial charge in [-0.15, -0.1) is 0 Å². The first-order valence-electron chi connectivity index (χ1n) is 4.28. The van der Waals surface area contributed by atoms with Gasteiger partial charge in [0.15, 0.2) is 5.78 Å². The van der Waals surface area contributed by atoms with Crippen molar-refractivity contribution < 1.29 is 26.4 Å². The lowest BCUT2D eigenvalue weighted by atomic mass is 10.1. The summed E-state index contributed by atoms with van der Waals surface area (Å²) in [6.07, 6.45) is 0.888. The highest BCUT2D eigenvalue weighted by Crippen LogP contribution is 2.30. The van der Waals surface area contributed by atoms with Crippen molar-refractivity contribution in [1.82, 2.24) is 0 Å². The van der Waals surface area contributed by atoms with Crippen LogP contribution in [0.2, 0.25) is 0 Å². The number of hydrogen-bond acceptors (Lipinski definition) is 3. The molecule has 0 aliphatic heterocycles. The SMILES string of the molecule is C=CC(=O)c1cccc(S(=O)(=O)C(F)(F)F)c1. The number of rotatable bonds is 3. The normalized spacial score (nSPS) is 12.2. The maximum atomic E-state index is 12.2. The molecular formula is C10H7F3O3S. The Morgan fingerprint density at radius 1 is 1.29 bits per heavy atom. The number of halogens is 3. The standard InChI is InChI=1S/C10H7F3O3S/c1-2-9(14)7-4-3-5-8(6-7)17(15,16)10(11,12)13/h2-6H,1H2. The van der Waals surface area contributed by atoms with E-state index in [-0.39, 0.29) is 5.56 Å². The van der Waals surface area contributed by atoms with E-state index < -0.39 is 26.0 Å². The molecule has 0 bridgehead atoms. The molecule has 0 aliphatic carbocycles. The van der Waals surface area contributed by atoms with Crippen LogP contribution in [0.25, 0.3) is 0 Å². The van der Waals surface area contributed by atoms with E-state index in [2.05, 4.69) is 6.58 Å². The molecule has 17 heavy (non-hydrogen) atoms. The number of carbonyl (C=O) groups excluding carboxylic acids is 1. The summed E-state index contributed by atoms with van der Waals surface area (Å²) < 4.78 is 58.8. The van der Waals surface area contributed by atoms with Crippen LogP contribution in [0.1, 0.15) is 10.4 Å². The van der Waals surface area contributed by atoms with Crippen molar-refractivity contribution in [3.05, 3.63) is 42.5 Å². The van der Waals surface area contributed by atoms with Gasteiger partial charge >= 0.3 is 5.51 Å². The van der Waals surface area contributed by atoms with E-state index in [9.17, 15) is 26.4 Å². The monoisotopic (exact) mass is 264 g/mol. The minimum atomic E-state index is -5.43. The van der Waals surface area contributed by atoms with E-state index >= 15 is 0 Å². The fourth-order valence-electron chi connectivity index (χ4n) is 1.07. The van der Waals surface area contributed by atoms with E-state index in [1.807, 2.05) is 0 Å². The van der Waals surface area contributed by atoms with Gasteiger partial charge in [0.05, 0.1) is 4.90 Å². The first kappa shape index (κ1) is 13.4. The zero-order valence-electron chi connectivity index (χ0n) is 8.36. The van der Waals surface area contributed by atoms with Gasteiger partial charge in [0, 0.05) is 5.56 Å². The van der Waals surface area contributed by atoms with Gasteiger partial charge in [-0.2, -0.15) is 13.2 Å². The summed E-state index contributed by atoms with van der Waals surface area (Å²) in [5.41, 5.74) is -5.55. The van der Waals surface area contributed by atoms with Crippen LogP contribution < -0.4 is 0 Å². The summed E-state index contributed by atoms with van der Waals surface area (Å²) in [4.78, 5) is 10.2. The lowest BCUT2D eigenvalue weighted by Gasteiger charge is -2.08. The maximum Gasteiger partial charge on any atom is 0.501 e. The molecule has 1 aromatic rings. The topological polar surface area (TPSA) is 51.2 Å². The molecule has 0 fully saturated rings. The van der Waals surface area contributed by atoms with Gasteiger partial charge in [-0.05, 0) is 18.2 Å². The highest BCUT2D eigenvalue weighted by atomic mass is 32.2. The molecule has 0 spiro atoms. The Hall–Kier alpha value is -1.63. The highest BCUT2D eigenvalue weighted by molar-refractivity contribution is 7.92. The summed E-state index contributed by atoms with van der Waals surface area (Å²) in [5, 5.41) is 0. The fourth-order valence-corrected chi connectivity index (χ4v) is 1.88. The number of ketones is 1. The first-order valence-corrected chi connectivity index (χ1v) is 5.76. The summed E-state index contributed by atoms with van der Waals surface area (Å²) in [5.74, 6) is -0.649. The zero-order valence-corrected chi connectivity index (χ0v) is 9.18. The zero-order chi connectivity index (χ0) is 13.3. The van der Waals surface area contributed by atoms with Crippen molar-refractivity contribution >= 4 is 15.6 Å². The molecule has 92 valence electrons. The average Bonchev–Trinajstić information content (AvgIpc) is 2.26. The highest BCUT2D eigenvalue weighted by Gasteiger charge is 2.46. The third-order valence-corrected chi connectivity index (χ3v) is 3.40. The largest absolute Gasteiger partial charge is 0.501 e. The number of sulfone groups is 1. The van der Waals surface area contributed by atoms with Crippen LogP contribution >= 0.6 is 0 Å². The van der Waals surface area contributed by atoms with Gasteiger partial charge in [-0.1, -0.05) is 18.7 Å². The Balaban J connectivity index is 3.36. The summed E-state index contributed by atoms with van der Waals surface area (Å²) in [6.45, 7) is 3.16. The second-order valence-electron chi connectivity index (χ2n) is 3.05. The van der Waals surface area contributed by atoms with Crippen LogP contribution in [0, 0.1) is 0 Å². The van der Waals surface area contributed by atoms with Crippen LogP contribution in [0.3, 0.4) is 0 Å². The summed E-state index contributed by atoms with van der Waals surface area (Å²) in [7, 11) is -5.43. The van der Waals surface area contributed by atoms with Crippen LogP contribution in [0.15, 0.2) is 41.8 Å². The molecule has 0 saturated heterocycles. The predicted octanol–water partition coefficient (Wildman–Crippen LogP) is 2.35. The van der Waals surface area contributed by atoms with Gasteiger partial charge in [-0.25, -0.2) is 8.42 Å². The molecular weight excluding hydrogens is 257 g/mol. The number of hydrogen-bond donors (Lipinski definition) is 0. The fraction of sp³-hybridized carbons (Fsp3) is 0.100. The third-order valence-electron chi connectivity index (χ3n) is 1.92. The molecule has 1 aromatic carbocycles. The smallest absolute Gasteiger partial charge is 0.289 e. The number of carbonyl (C=O) groups is 1. The molecule has 0 unspecified atom stereocenters. The van der Waals surface area contributed by atoms with E-state index in [0.29, 0.717) is 6.07 Å². The molecule has 0 amide bonds. The molecule has 0 heterocycles. The van der Waals surface area contributed by atoms with Crippen LogP contribution in [0.5, 0.6) is 0 Å². The second kappa shape index (κ2) is 4.33. The number of allylic oxidation sites excluding steroid dienone is 1. The van der Waals surface area contributed by atoms with Crippen molar-refractivity contribution in [3.8, 4) is 0 Å². The molecule has 0 saturated carbocycles. The minimum Gasteiger partial charge on any atom is -0.289 e. The second-order valence-corrected chi connectivity index (χ2v) is 4.99. The Labute approximate surface area is 95.5 Å². The van der Waals surface area contributed by atoms with Crippen molar-refractivity contribution in [2.75, 3.05) is 0 Å². The van der Waals surface area contributed by atoms with Crippen molar-refractivity contribution in [2.45, 2.75) is 10.4 Å². The number of alkyl halides is 3. The molecule has 7 heteroatoms. The van der Waals surface area contributed by atoms with Crippen LogP contribution in [0.4, 0.5) is 13.2 Å². The lowest BCUT2D eigenvalue weighted by Crippen LogP contribution is -2.23. The minimum absolute atomic E-state index is 0.162. The molecule has 1 rings (SSSR count). The Morgan fingerprint density at radius 3 is 2.35 bits per heavy atom. The predicted molar refractivity (Wildman–Crippen MR) is 54.2 cm³/mol. The Morgan fingerprint density at radius 2 is 1.88 bits per heavy atom. The lowest BCUT2D eigenvalue weighted by molar-refractivity contribution is -0.0436. The molecule has 3 nitrogen and oxygen atoms in total. The van der Waals surface area contributed by atoms with E-state index in [0.717, 1.165) is 18.2 Å². The molecule has 0 N–H and O–H groups in total. The van der Waals surface area contributed by atoms with Crippen LogP contribution in [-0.4, -0.2) is 19.7 Å². The molecule has 0 aliphatic rings. The molecule has 0 aromatic heterocycles. The van der Waals surface area contributed by atoms with E-state index in [4.69, 9.17) is 0 Å². The summed E-state index contributed by atoms with van der Waals surface area (Å²) in [6, 6.07) is 3.73. The Bertz CT molecular complexity index is 558. The number of benzene rings is 1. The first-order chi connectivity index (χ1) is 7.70. The maximum absolute atomic E-state index is 12.2. The summed E-state index contributed by atoms with van der Waals surface area (Å²) >= 11 is 0. The van der Waals surface area contributed by atoms with Crippen molar-refractivity contribution in [1.29, 1.82) is 0 Å². The van der Waals surface area contributed by atoms with Gasteiger partial charge in [-0.3, -0.25) is 4.79 Å². The van der Waals surface area contributed by atoms with Crippen molar-refractivity contribution in [3.63, 3.8) is 0 Å². The van der Waals surface area contributed by atoms with E-state index in [1.54, 1.807) is 0 Å². The van der Waals surface area contributed by atoms with Crippen LogP contribution in [-0.2, 0) is 9.84 Å². The molecule has 0 radical (unpaired) electrons. The van der Waals surface area contributed by atoms with Gasteiger partial charge in [0.1, 0.15) is 0 Å². The van der Waals surface area contributed by atoms with Crippen molar-refractivity contribution in [2.24, 2.45) is 0 Å². The van der Waals surface area contributed by atoms with E-state index in [1.165, 1.54) is 6.07 Å². The quantitative estimate of drug-likeness (QED) is 0.622. The van der Waals surface area contributed by atoms with Gasteiger partial charge < -0.3 is 0 Å². The van der Waals surface area contributed by atoms with Gasteiger partial charge in [0.2, 0.25) is 0 Å². The third kappa shape index (κ3) is 2.55. The average molecular weight is 264 g/mol. The van der Waals surface area contributed by atoms with Gasteiger partial charge in [0.25, 0.3) is 9.84 Å². The molecule has 0 atom stereocenters.